The maximum atomic E-state index is 5.21. The lowest BCUT2D eigenvalue weighted by atomic mass is 10.2. The minimum Gasteiger partial charge on any atom is -0.267 e. The van der Waals surface area contributed by atoms with Gasteiger partial charge in [-0.25, -0.2) is 0 Å². The lowest BCUT2D eigenvalue weighted by molar-refractivity contribution is -0.105. The van der Waals surface area contributed by atoms with E-state index in [1.807, 2.05) is 20.2 Å². The predicted molar refractivity (Wildman–Crippen MR) is 32.1 cm³/mol. The number of rotatable bonds is 0. The summed E-state index contributed by atoms with van der Waals surface area (Å²) in [5.41, 5.74) is 1.28. The third kappa shape index (κ3) is 0.842. The summed E-state index contributed by atoms with van der Waals surface area (Å²) >= 11 is 0. The van der Waals surface area contributed by atoms with Crippen LogP contribution in [0.1, 0.15) is 13.8 Å². The van der Waals surface area contributed by atoms with E-state index in [0.29, 0.717) is 0 Å². The van der Waals surface area contributed by atoms with E-state index in [1.54, 1.807) is 5.06 Å². The molecule has 0 aromatic carbocycles. The second-order valence-corrected chi connectivity index (χ2v) is 2.17. The average molecular weight is 113 g/mol. The first-order valence-electron chi connectivity index (χ1n) is 2.78. The van der Waals surface area contributed by atoms with Crippen LogP contribution < -0.4 is 0 Å². The molecular weight excluding hydrogens is 102 g/mol. The van der Waals surface area contributed by atoms with Crippen LogP contribution in [-0.2, 0) is 4.84 Å². The smallest absolute Gasteiger partial charge is 0.105 e. The van der Waals surface area contributed by atoms with Gasteiger partial charge in [-0.3, -0.25) is 9.90 Å². The van der Waals surface area contributed by atoms with Crippen molar-refractivity contribution in [1.82, 2.24) is 5.06 Å². The quantitative estimate of drug-likeness (QED) is 0.467. The first-order chi connectivity index (χ1) is 3.70. The van der Waals surface area contributed by atoms with Gasteiger partial charge in [-0.1, -0.05) is 0 Å². The van der Waals surface area contributed by atoms with Crippen molar-refractivity contribution in [3.8, 4) is 0 Å². The zero-order valence-corrected chi connectivity index (χ0v) is 5.51. The second-order valence-electron chi connectivity index (χ2n) is 2.17. The van der Waals surface area contributed by atoms with Crippen molar-refractivity contribution in [1.29, 1.82) is 0 Å². The normalized spacial score (nSPS) is 28.6. The van der Waals surface area contributed by atoms with Crippen molar-refractivity contribution in [2.75, 3.05) is 7.05 Å². The van der Waals surface area contributed by atoms with Crippen LogP contribution in [0.25, 0.3) is 0 Å². The zero-order valence-electron chi connectivity index (χ0n) is 5.51. The first-order valence-corrected chi connectivity index (χ1v) is 2.78. The number of hydrogen-bond donors (Lipinski definition) is 0. The van der Waals surface area contributed by atoms with Gasteiger partial charge in [0.05, 0.1) is 0 Å². The molecule has 0 aromatic heterocycles. The van der Waals surface area contributed by atoms with Crippen molar-refractivity contribution in [2.24, 2.45) is 0 Å². The van der Waals surface area contributed by atoms with Crippen molar-refractivity contribution >= 4 is 0 Å². The molecule has 1 aliphatic heterocycles. The average Bonchev–Trinajstić information content (AvgIpc) is 1.85. The number of hydrogen-bond acceptors (Lipinski definition) is 2. The van der Waals surface area contributed by atoms with E-state index in [-0.39, 0.29) is 6.10 Å². The Morgan fingerprint density at radius 3 is 2.50 bits per heavy atom. The van der Waals surface area contributed by atoms with Gasteiger partial charge in [0.15, 0.2) is 0 Å². The fourth-order valence-electron chi connectivity index (χ4n) is 0.755. The Balaban J connectivity index is 2.59. The molecule has 0 spiro atoms. The molecule has 1 heterocycles. The van der Waals surface area contributed by atoms with Crippen LogP contribution in [0.5, 0.6) is 0 Å². The first kappa shape index (κ1) is 5.63. The minimum absolute atomic E-state index is 0.278. The van der Waals surface area contributed by atoms with Crippen LogP contribution in [-0.4, -0.2) is 18.2 Å². The summed E-state index contributed by atoms with van der Waals surface area (Å²) < 4.78 is 0. The van der Waals surface area contributed by atoms with Gasteiger partial charge in [-0.2, -0.15) is 0 Å². The van der Waals surface area contributed by atoms with Gasteiger partial charge in [0.1, 0.15) is 6.10 Å². The maximum absolute atomic E-state index is 5.21. The van der Waals surface area contributed by atoms with Gasteiger partial charge in [0.2, 0.25) is 0 Å². The topological polar surface area (TPSA) is 12.5 Å². The molecular formula is C6H11NO. The summed E-state index contributed by atoms with van der Waals surface area (Å²) in [5, 5.41) is 1.74. The molecule has 0 aliphatic carbocycles. The highest BCUT2D eigenvalue weighted by Crippen LogP contribution is 2.14. The van der Waals surface area contributed by atoms with Gasteiger partial charge in [-0.05, 0) is 19.4 Å². The van der Waals surface area contributed by atoms with E-state index in [9.17, 15) is 0 Å². The van der Waals surface area contributed by atoms with Gasteiger partial charge < -0.3 is 0 Å². The molecule has 46 valence electrons. The van der Waals surface area contributed by atoms with Crippen molar-refractivity contribution in [3.05, 3.63) is 11.8 Å². The number of nitrogens with zero attached hydrogens (tertiary/aromatic N) is 1. The number of hydroxylamine groups is 2. The highest BCUT2D eigenvalue weighted by atomic mass is 16.7. The largest absolute Gasteiger partial charge is 0.267 e. The molecule has 2 heteroatoms. The summed E-state index contributed by atoms with van der Waals surface area (Å²) in [4.78, 5) is 5.21. The van der Waals surface area contributed by atoms with Crippen molar-refractivity contribution in [2.45, 2.75) is 20.0 Å². The van der Waals surface area contributed by atoms with Gasteiger partial charge in [-0.15, -0.1) is 0 Å². The molecule has 1 aliphatic rings. The Morgan fingerprint density at radius 1 is 1.75 bits per heavy atom. The van der Waals surface area contributed by atoms with E-state index >= 15 is 0 Å². The molecule has 0 bridgehead atoms. The van der Waals surface area contributed by atoms with Crippen LogP contribution in [0.3, 0.4) is 0 Å². The van der Waals surface area contributed by atoms with Gasteiger partial charge >= 0.3 is 0 Å². The van der Waals surface area contributed by atoms with E-state index < -0.39 is 0 Å². The SMILES string of the molecule is CC1=CN(C)OC1C. The molecule has 0 N–H and O–H groups in total. The highest BCUT2D eigenvalue weighted by Gasteiger charge is 2.13. The van der Waals surface area contributed by atoms with Gasteiger partial charge in [0, 0.05) is 13.2 Å². The Kier molecular flexibility index (Phi) is 1.26. The molecule has 0 saturated carbocycles. The third-order valence-electron chi connectivity index (χ3n) is 1.35. The van der Waals surface area contributed by atoms with Gasteiger partial charge in [0.25, 0.3) is 0 Å². The predicted octanol–water partition coefficient (Wildman–Crippen LogP) is 1.16. The summed E-state index contributed by atoms with van der Waals surface area (Å²) in [6, 6.07) is 0. The highest BCUT2D eigenvalue weighted by molar-refractivity contribution is 5.04. The molecule has 0 aromatic rings. The van der Waals surface area contributed by atoms with Crippen molar-refractivity contribution < 1.29 is 4.84 Å². The molecule has 0 amide bonds. The molecule has 0 radical (unpaired) electrons. The lowest BCUT2D eigenvalue weighted by Gasteiger charge is -2.08. The standard InChI is InChI=1S/C6H11NO/c1-5-4-7(3)8-6(5)2/h4,6H,1-3H3. The second kappa shape index (κ2) is 1.78. The van der Waals surface area contributed by atoms with Crippen LogP contribution in [0.2, 0.25) is 0 Å². The lowest BCUT2D eigenvalue weighted by Crippen LogP contribution is -2.10. The maximum Gasteiger partial charge on any atom is 0.105 e. The third-order valence-corrected chi connectivity index (χ3v) is 1.35. The zero-order chi connectivity index (χ0) is 6.15. The van der Waals surface area contributed by atoms with E-state index in [1.165, 1.54) is 5.57 Å². The van der Waals surface area contributed by atoms with Crippen LogP contribution in [0, 0.1) is 0 Å². The summed E-state index contributed by atoms with van der Waals surface area (Å²) in [6.45, 7) is 4.10. The molecule has 0 saturated heterocycles. The summed E-state index contributed by atoms with van der Waals surface area (Å²) in [5.74, 6) is 0. The monoisotopic (exact) mass is 113 g/mol. The molecule has 1 unspecified atom stereocenters. The summed E-state index contributed by atoms with van der Waals surface area (Å²) in [6.07, 6.45) is 2.27. The minimum atomic E-state index is 0.278. The van der Waals surface area contributed by atoms with Crippen molar-refractivity contribution in [3.63, 3.8) is 0 Å². The Bertz CT molecular complexity index is 120. The molecule has 1 atom stereocenters. The van der Waals surface area contributed by atoms with Crippen LogP contribution in [0.4, 0.5) is 0 Å². The van der Waals surface area contributed by atoms with Crippen LogP contribution >= 0.6 is 0 Å². The Labute approximate surface area is 49.7 Å². The molecule has 0 fully saturated rings. The van der Waals surface area contributed by atoms with E-state index in [4.69, 9.17) is 4.84 Å². The van der Waals surface area contributed by atoms with E-state index in [0.717, 1.165) is 0 Å². The molecule has 1 rings (SSSR count). The fourth-order valence-corrected chi connectivity index (χ4v) is 0.755. The molecule has 2 nitrogen and oxygen atoms in total. The Morgan fingerprint density at radius 2 is 2.38 bits per heavy atom. The van der Waals surface area contributed by atoms with E-state index in [2.05, 4.69) is 6.92 Å². The summed E-state index contributed by atoms with van der Waals surface area (Å²) in [7, 11) is 1.90. The Hall–Kier alpha value is -0.500. The van der Waals surface area contributed by atoms with Crippen LogP contribution in [0.15, 0.2) is 11.8 Å². The molecule has 8 heavy (non-hydrogen) atoms. The fraction of sp³-hybridized carbons (Fsp3) is 0.667.